The van der Waals surface area contributed by atoms with Crippen molar-refractivity contribution in [2.24, 2.45) is 11.8 Å². The Morgan fingerprint density at radius 3 is 3.00 bits per heavy atom. The quantitative estimate of drug-likeness (QED) is 0.692. The first-order valence-corrected chi connectivity index (χ1v) is 5.09. The second-order valence-electron chi connectivity index (χ2n) is 3.93. The summed E-state index contributed by atoms with van der Waals surface area (Å²) in [5.74, 6) is 1.13. The SMILES string of the molecule is CC1CNC(=O)CCCC1CC[O]. The lowest BCUT2D eigenvalue weighted by molar-refractivity contribution is -0.121. The lowest BCUT2D eigenvalue weighted by Gasteiger charge is -2.25. The molecule has 1 aliphatic rings. The maximum atomic E-state index is 11.1. The molecule has 1 rings (SSSR count). The van der Waals surface area contributed by atoms with Crippen LogP contribution in [0.3, 0.4) is 0 Å². The highest BCUT2D eigenvalue weighted by Crippen LogP contribution is 2.23. The minimum Gasteiger partial charge on any atom is -0.356 e. The number of amides is 1. The minimum absolute atomic E-state index is 0.0168. The molecule has 2 atom stereocenters. The molecule has 0 spiro atoms. The summed E-state index contributed by atoms with van der Waals surface area (Å²) in [6, 6.07) is 0. The number of nitrogens with one attached hydrogen (secondary N) is 1. The van der Waals surface area contributed by atoms with Gasteiger partial charge in [0.15, 0.2) is 0 Å². The maximum absolute atomic E-state index is 11.1. The van der Waals surface area contributed by atoms with Crippen molar-refractivity contribution in [3.8, 4) is 0 Å². The lowest BCUT2D eigenvalue weighted by Crippen LogP contribution is -2.33. The van der Waals surface area contributed by atoms with Gasteiger partial charge < -0.3 is 5.32 Å². The van der Waals surface area contributed by atoms with Crippen molar-refractivity contribution in [2.75, 3.05) is 13.2 Å². The third-order valence-corrected chi connectivity index (χ3v) is 2.89. The van der Waals surface area contributed by atoms with Crippen molar-refractivity contribution >= 4 is 5.91 Å². The molecular formula is C10H18NO2. The molecule has 0 aliphatic carbocycles. The molecule has 1 amide bonds. The van der Waals surface area contributed by atoms with Gasteiger partial charge in [-0.05, 0) is 31.1 Å². The molecule has 1 N–H and O–H groups in total. The predicted octanol–water partition coefficient (Wildman–Crippen LogP) is 1.36. The predicted molar refractivity (Wildman–Crippen MR) is 49.7 cm³/mol. The van der Waals surface area contributed by atoms with Gasteiger partial charge in [0.25, 0.3) is 0 Å². The molecule has 0 aromatic carbocycles. The smallest absolute Gasteiger partial charge is 0.220 e. The molecule has 0 saturated carbocycles. The first kappa shape index (κ1) is 10.5. The van der Waals surface area contributed by atoms with Gasteiger partial charge in [-0.25, -0.2) is 5.11 Å². The van der Waals surface area contributed by atoms with Gasteiger partial charge in [0.2, 0.25) is 5.91 Å². The molecule has 1 heterocycles. The Kier molecular flexibility index (Phi) is 4.22. The molecular weight excluding hydrogens is 166 g/mol. The number of carbonyl (C=O) groups excluding carboxylic acids is 1. The molecule has 2 unspecified atom stereocenters. The zero-order chi connectivity index (χ0) is 9.68. The average molecular weight is 184 g/mol. The normalized spacial score (nSPS) is 30.5. The molecule has 1 fully saturated rings. The van der Waals surface area contributed by atoms with Crippen LogP contribution in [-0.2, 0) is 9.90 Å². The van der Waals surface area contributed by atoms with E-state index in [9.17, 15) is 9.90 Å². The van der Waals surface area contributed by atoms with Gasteiger partial charge in [-0.2, -0.15) is 0 Å². The highest BCUT2D eigenvalue weighted by molar-refractivity contribution is 5.75. The second kappa shape index (κ2) is 5.22. The van der Waals surface area contributed by atoms with Crippen LogP contribution < -0.4 is 5.32 Å². The topological polar surface area (TPSA) is 49.0 Å². The fraction of sp³-hybridized carbons (Fsp3) is 0.900. The molecule has 13 heavy (non-hydrogen) atoms. The number of carbonyl (C=O) groups is 1. The molecule has 0 bridgehead atoms. The Hall–Kier alpha value is -0.570. The maximum Gasteiger partial charge on any atom is 0.220 e. The first-order valence-electron chi connectivity index (χ1n) is 5.09. The third kappa shape index (κ3) is 3.35. The Morgan fingerprint density at radius 1 is 1.54 bits per heavy atom. The monoisotopic (exact) mass is 184 g/mol. The van der Waals surface area contributed by atoms with E-state index in [1.165, 1.54) is 0 Å². The van der Waals surface area contributed by atoms with E-state index in [1.807, 2.05) is 0 Å². The van der Waals surface area contributed by atoms with Crippen LogP contribution in [-0.4, -0.2) is 19.1 Å². The minimum atomic E-state index is 0.0168. The van der Waals surface area contributed by atoms with Crippen molar-refractivity contribution in [3.63, 3.8) is 0 Å². The van der Waals surface area contributed by atoms with E-state index in [4.69, 9.17) is 0 Å². The van der Waals surface area contributed by atoms with Gasteiger partial charge in [0.1, 0.15) is 0 Å². The largest absolute Gasteiger partial charge is 0.356 e. The van der Waals surface area contributed by atoms with Gasteiger partial charge in [-0.3, -0.25) is 4.79 Å². The fourth-order valence-electron chi connectivity index (χ4n) is 1.92. The molecule has 1 saturated heterocycles. The Labute approximate surface area is 79.5 Å². The van der Waals surface area contributed by atoms with Crippen LogP contribution in [0.15, 0.2) is 0 Å². The zero-order valence-electron chi connectivity index (χ0n) is 8.21. The van der Waals surface area contributed by atoms with Crippen molar-refractivity contribution in [2.45, 2.75) is 32.6 Å². The van der Waals surface area contributed by atoms with E-state index in [1.54, 1.807) is 0 Å². The van der Waals surface area contributed by atoms with Gasteiger partial charge in [-0.1, -0.05) is 6.92 Å². The average Bonchev–Trinajstić information content (AvgIpc) is 2.11. The second-order valence-corrected chi connectivity index (χ2v) is 3.93. The summed E-state index contributed by atoms with van der Waals surface area (Å²) < 4.78 is 0. The first-order chi connectivity index (χ1) is 6.24. The summed E-state index contributed by atoms with van der Waals surface area (Å²) in [6.45, 7) is 2.87. The van der Waals surface area contributed by atoms with Gasteiger partial charge in [0.05, 0.1) is 6.61 Å². The van der Waals surface area contributed by atoms with Crippen molar-refractivity contribution in [3.05, 3.63) is 0 Å². The number of hydrogen-bond donors (Lipinski definition) is 1. The molecule has 3 nitrogen and oxygen atoms in total. The van der Waals surface area contributed by atoms with E-state index in [-0.39, 0.29) is 12.5 Å². The highest BCUT2D eigenvalue weighted by Gasteiger charge is 2.20. The summed E-state index contributed by atoms with van der Waals surface area (Å²) in [4.78, 5) is 11.1. The van der Waals surface area contributed by atoms with Crippen LogP contribution >= 0.6 is 0 Å². The van der Waals surface area contributed by atoms with Gasteiger partial charge in [-0.15, -0.1) is 0 Å². The van der Waals surface area contributed by atoms with Crippen molar-refractivity contribution in [1.82, 2.24) is 5.32 Å². The summed E-state index contributed by atoms with van der Waals surface area (Å²) in [6.07, 6.45) is 3.36. The van der Waals surface area contributed by atoms with Crippen LogP contribution in [0.5, 0.6) is 0 Å². The Morgan fingerprint density at radius 2 is 2.31 bits per heavy atom. The summed E-state index contributed by atoms with van der Waals surface area (Å²) >= 11 is 0. The molecule has 0 aromatic heterocycles. The molecule has 75 valence electrons. The van der Waals surface area contributed by atoms with Gasteiger partial charge in [0, 0.05) is 13.0 Å². The highest BCUT2D eigenvalue weighted by atomic mass is 16.3. The van der Waals surface area contributed by atoms with E-state index in [2.05, 4.69) is 12.2 Å². The van der Waals surface area contributed by atoms with Gasteiger partial charge >= 0.3 is 0 Å². The molecule has 1 radical (unpaired) electrons. The standard InChI is InChI=1S/C10H18NO2/c1-8-7-11-10(13)4-2-3-9(8)5-6-12/h8-9H,2-7H2,1H3,(H,11,13). The zero-order valence-corrected chi connectivity index (χ0v) is 8.21. The van der Waals surface area contributed by atoms with Crippen LogP contribution in [0.25, 0.3) is 0 Å². The summed E-state index contributed by atoms with van der Waals surface area (Å²) in [5.41, 5.74) is 0. The van der Waals surface area contributed by atoms with Crippen LogP contribution in [0.2, 0.25) is 0 Å². The van der Waals surface area contributed by atoms with Crippen molar-refractivity contribution < 1.29 is 9.90 Å². The van der Waals surface area contributed by atoms with E-state index in [0.29, 0.717) is 18.3 Å². The summed E-state index contributed by atoms with van der Waals surface area (Å²) in [5, 5.41) is 13.4. The number of hydrogen-bond acceptors (Lipinski definition) is 1. The van der Waals surface area contributed by atoms with E-state index >= 15 is 0 Å². The lowest BCUT2D eigenvalue weighted by atomic mass is 9.85. The molecule has 0 aromatic rings. The number of rotatable bonds is 2. The van der Waals surface area contributed by atoms with Crippen molar-refractivity contribution in [1.29, 1.82) is 0 Å². The Balaban J connectivity index is 2.41. The van der Waals surface area contributed by atoms with Crippen LogP contribution in [0.1, 0.15) is 32.6 Å². The van der Waals surface area contributed by atoms with Crippen LogP contribution in [0, 0.1) is 11.8 Å². The van der Waals surface area contributed by atoms with Crippen LogP contribution in [0.4, 0.5) is 0 Å². The summed E-state index contributed by atoms with van der Waals surface area (Å²) in [7, 11) is 0. The molecule has 1 aliphatic heterocycles. The third-order valence-electron chi connectivity index (χ3n) is 2.89. The molecule has 3 heteroatoms. The van der Waals surface area contributed by atoms with E-state index < -0.39 is 0 Å². The van der Waals surface area contributed by atoms with E-state index in [0.717, 1.165) is 25.8 Å². The Bertz CT molecular complexity index is 170. The fourth-order valence-corrected chi connectivity index (χ4v) is 1.92.